The van der Waals surface area contributed by atoms with E-state index in [0.29, 0.717) is 31.3 Å². The van der Waals surface area contributed by atoms with Crippen LogP contribution >= 0.6 is 0 Å². The SMILES string of the molecule is CCN(CC)S(=O)(=O)CCNc1cc(C)nc(C)n1. The predicted octanol–water partition coefficient (Wildman–Crippen LogP) is 1.18. The van der Waals surface area contributed by atoms with Crippen molar-refractivity contribution in [2.75, 3.05) is 30.7 Å². The molecule has 0 unspecified atom stereocenters. The number of aryl methyl sites for hydroxylation is 2. The topological polar surface area (TPSA) is 75.2 Å². The van der Waals surface area contributed by atoms with Crippen molar-refractivity contribution in [2.24, 2.45) is 0 Å². The van der Waals surface area contributed by atoms with Crippen molar-refractivity contribution in [2.45, 2.75) is 27.7 Å². The van der Waals surface area contributed by atoms with Crippen molar-refractivity contribution in [3.05, 3.63) is 17.6 Å². The van der Waals surface area contributed by atoms with Crippen molar-refractivity contribution < 1.29 is 8.42 Å². The fraction of sp³-hybridized carbons (Fsp3) is 0.667. The molecule has 1 aromatic heterocycles. The molecule has 0 amide bonds. The summed E-state index contributed by atoms with van der Waals surface area (Å²) in [7, 11) is -3.19. The van der Waals surface area contributed by atoms with E-state index >= 15 is 0 Å². The minimum absolute atomic E-state index is 0.0662. The van der Waals surface area contributed by atoms with Crippen molar-refractivity contribution in [1.82, 2.24) is 14.3 Å². The molecule has 1 N–H and O–H groups in total. The fourth-order valence-corrected chi connectivity index (χ4v) is 3.27. The Balaban J connectivity index is 2.59. The molecule has 0 bridgehead atoms. The monoisotopic (exact) mass is 286 g/mol. The summed E-state index contributed by atoms with van der Waals surface area (Å²) in [5, 5.41) is 3.03. The van der Waals surface area contributed by atoms with Crippen LogP contribution in [-0.2, 0) is 10.0 Å². The zero-order chi connectivity index (χ0) is 14.5. The van der Waals surface area contributed by atoms with Crippen LogP contribution in [0.25, 0.3) is 0 Å². The van der Waals surface area contributed by atoms with Gasteiger partial charge in [0.05, 0.1) is 5.75 Å². The van der Waals surface area contributed by atoms with E-state index in [1.165, 1.54) is 4.31 Å². The van der Waals surface area contributed by atoms with Crippen molar-refractivity contribution in [3.63, 3.8) is 0 Å². The van der Waals surface area contributed by atoms with Gasteiger partial charge in [0.1, 0.15) is 11.6 Å². The van der Waals surface area contributed by atoms with Gasteiger partial charge in [0.2, 0.25) is 10.0 Å². The van der Waals surface area contributed by atoms with Gasteiger partial charge in [-0.25, -0.2) is 22.7 Å². The number of rotatable bonds is 7. The molecule has 1 rings (SSSR count). The molecule has 0 spiro atoms. The van der Waals surface area contributed by atoms with Gasteiger partial charge in [0.15, 0.2) is 0 Å². The van der Waals surface area contributed by atoms with Gasteiger partial charge in [0.25, 0.3) is 0 Å². The van der Waals surface area contributed by atoms with Crippen molar-refractivity contribution in [3.8, 4) is 0 Å². The third-order valence-corrected chi connectivity index (χ3v) is 4.75. The zero-order valence-corrected chi connectivity index (χ0v) is 12.8. The molecular formula is C12H22N4O2S. The third-order valence-electron chi connectivity index (χ3n) is 2.73. The first kappa shape index (κ1) is 15.8. The van der Waals surface area contributed by atoms with Crippen LogP contribution in [-0.4, -0.2) is 48.1 Å². The van der Waals surface area contributed by atoms with Gasteiger partial charge < -0.3 is 5.32 Å². The quantitative estimate of drug-likeness (QED) is 0.814. The van der Waals surface area contributed by atoms with Crippen LogP contribution in [0, 0.1) is 13.8 Å². The van der Waals surface area contributed by atoms with Gasteiger partial charge in [-0.1, -0.05) is 13.8 Å². The molecule has 0 aromatic carbocycles. The molecule has 6 nitrogen and oxygen atoms in total. The highest BCUT2D eigenvalue weighted by atomic mass is 32.2. The predicted molar refractivity (Wildman–Crippen MR) is 76.7 cm³/mol. The molecular weight excluding hydrogens is 264 g/mol. The lowest BCUT2D eigenvalue weighted by Gasteiger charge is -2.18. The number of sulfonamides is 1. The summed E-state index contributed by atoms with van der Waals surface area (Å²) in [4.78, 5) is 8.38. The summed E-state index contributed by atoms with van der Waals surface area (Å²) in [6.07, 6.45) is 0. The molecule has 0 saturated heterocycles. The summed E-state index contributed by atoms with van der Waals surface area (Å²) in [5.74, 6) is 1.41. The largest absolute Gasteiger partial charge is 0.369 e. The maximum Gasteiger partial charge on any atom is 0.215 e. The molecule has 1 heterocycles. The molecule has 1 aromatic rings. The molecule has 0 atom stereocenters. The van der Waals surface area contributed by atoms with Gasteiger partial charge in [-0.2, -0.15) is 0 Å². The number of anilines is 1. The molecule has 0 aliphatic rings. The lowest BCUT2D eigenvalue weighted by Crippen LogP contribution is -2.34. The Bertz CT molecular complexity index is 492. The molecule has 19 heavy (non-hydrogen) atoms. The standard InChI is InChI=1S/C12H22N4O2S/c1-5-16(6-2)19(17,18)8-7-13-12-9-10(3)14-11(4)15-12/h9H,5-8H2,1-4H3,(H,13,14,15). The van der Waals surface area contributed by atoms with Gasteiger partial charge in [0, 0.05) is 31.4 Å². The van der Waals surface area contributed by atoms with Crippen LogP contribution in [0.3, 0.4) is 0 Å². The highest BCUT2D eigenvalue weighted by Crippen LogP contribution is 2.06. The summed E-state index contributed by atoms with van der Waals surface area (Å²) < 4.78 is 25.4. The van der Waals surface area contributed by atoms with Crippen LogP contribution in [0.5, 0.6) is 0 Å². The summed E-state index contributed by atoms with van der Waals surface area (Å²) in [6, 6.07) is 1.80. The average molecular weight is 286 g/mol. The Kier molecular flexibility index (Phi) is 5.68. The fourth-order valence-electron chi connectivity index (χ4n) is 1.86. The molecule has 0 fully saturated rings. The van der Waals surface area contributed by atoms with Crippen LogP contribution in [0.4, 0.5) is 5.82 Å². The number of aromatic nitrogens is 2. The number of nitrogens with zero attached hydrogens (tertiary/aromatic N) is 3. The normalized spacial score (nSPS) is 11.8. The van der Waals surface area contributed by atoms with Crippen LogP contribution < -0.4 is 5.32 Å². The Morgan fingerprint density at radius 1 is 1.21 bits per heavy atom. The highest BCUT2D eigenvalue weighted by molar-refractivity contribution is 7.89. The first-order valence-corrected chi connectivity index (χ1v) is 8.04. The second kappa shape index (κ2) is 6.81. The number of nitrogens with one attached hydrogen (secondary N) is 1. The van der Waals surface area contributed by atoms with Gasteiger partial charge in [-0.3, -0.25) is 0 Å². The first-order chi connectivity index (χ1) is 8.89. The van der Waals surface area contributed by atoms with E-state index < -0.39 is 10.0 Å². The van der Waals surface area contributed by atoms with E-state index in [1.807, 2.05) is 27.7 Å². The Morgan fingerprint density at radius 3 is 2.37 bits per heavy atom. The Labute approximate surface area is 115 Å². The van der Waals surface area contributed by atoms with Crippen LogP contribution in [0.1, 0.15) is 25.4 Å². The minimum Gasteiger partial charge on any atom is -0.369 e. The minimum atomic E-state index is -3.19. The van der Waals surface area contributed by atoms with Crippen molar-refractivity contribution in [1.29, 1.82) is 0 Å². The molecule has 0 radical (unpaired) electrons. The number of hydrogen-bond acceptors (Lipinski definition) is 5. The highest BCUT2D eigenvalue weighted by Gasteiger charge is 2.17. The van der Waals surface area contributed by atoms with Gasteiger partial charge >= 0.3 is 0 Å². The smallest absolute Gasteiger partial charge is 0.215 e. The molecule has 7 heteroatoms. The van der Waals surface area contributed by atoms with E-state index in [0.717, 1.165) is 5.69 Å². The third kappa shape index (κ3) is 4.76. The summed E-state index contributed by atoms with van der Waals surface area (Å²) in [5.41, 5.74) is 0.863. The van der Waals surface area contributed by atoms with Crippen LogP contribution in [0.15, 0.2) is 6.07 Å². The van der Waals surface area contributed by atoms with E-state index in [-0.39, 0.29) is 5.75 Å². The maximum absolute atomic E-state index is 12.0. The van der Waals surface area contributed by atoms with E-state index in [4.69, 9.17) is 0 Å². The first-order valence-electron chi connectivity index (χ1n) is 6.43. The Morgan fingerprint density at radius 2 is 1.84 bits per heavy atom. The van der Waals surface area contributed by atoms with Gasteiger partial charge in [-0.15, -0.1) is 0 Å². The second-order valence-electron chi connectivity index (χ2n) is 4.27. The molecule has 0 aliphatic carbocycles. The molecule has 0 saturated carbocycles. The maximum atomic E-state index is 12.0. The molecule has 0 aliphatic heterocycles. The number of hydrogen-bond donors (Lipinski definition) is 1. The summed E-state index contributed by atoms with van der Waals surface area (Å²) >= 11 is 0. The van der Waals surface area contributed by atoms with E-state index in [9.17, 15) is 8.42 Å². The second-order valence-corrected chi connectivity index (χ2v) is 6.36. The summed E-state index contributed by atoms with van der Waals surface area (Å²) in [6.45, 7) is 8.72. The van der Waals surface area contributed by atoms with E-state index in [2.05, 4.69) is 15.3 Å². The van der Waals surface area contributed by atoms with Gasteiger partial charge in [-0.05, 0) is 13.8 Å². The lowest BCUT2D eigenvalue weighted by atomic mass is 10.4. The molecule has 108 valence electrons. The van der Waals surface area contributed by atoms with Crippen molar-refractivity contribution >= 4 is 15.8 Å². The average Bonchev–Trinajstić information content (AvgIpc) is 2.28. The van der Waals surface area contributed by atoms with E-state index in [1.54, 1.807) is 6.07 Å². The lowest BCUT2D eigenvalue weighted by molar-refractivity contribution is 0.446. The zero-order valence-electron chi connectivity index (χ0n) is 12.0. The van der Waals surface area contributed by atoms with Crippen LogP contribution in [0.2, 0.25) is 0 Å². The Hall–Kier alpha value is -1.21.